The quantitative estimate of drug-likeness (QED) is 0.688. The van der Waals surface area contributed by atoms with Crippen LogP contribution >= 0.6 is 0 Å². The molecule has 1 saturated heterocycles. The fourth-order valence-corrected chi connectivity index (χ4v) is 3.40. The minimum Gasteiger partial charge on any atom is -0.493 e. The Bertz CT molecular complexity index is 930. The molecule has 4 rings (SSSR count). The first-order valence-corrected chi connectivity index (χ1v) is 9.48. The molecule has 0 radical (unpaired) electrons. The van der Waals surface area contributed by atoms with Crippen LogP contribution in [0.15, 0.2) is 48.8 Å². The van der Waals surface area contributed by atoms with Crippen LogP contribution in [0.1, 0.15) is 18.5 Å². The number of benzene rings is 1. The molecular formula is C21H24N4O3. The highest BCUT2D eigenvalue weighted by atomic mass is 16.5. The summed E-state index contributed by atoms with van der Waals surface area (Å²) in [7, 11) is 1.60. The molecule has 0 atom stereocenters. The van der Waals surface area contributed by atoms with Gasteiger partial charge in [0.15, 0.2) is 11.5 Å². The van der Waals surface area contributed by atoms with E-state index in [9.17, 15) is 4.79 Å². The van der Waals surface area contributed by atoms with Crippen LogP contribution in [0.4, 0.5) is 5.69 Å². The van der Waals surface area contributed by atoms with Crippen molar-refractivity contribution in [1.82, 2.24) is 14.7 Å². The van der Waals surface area contributed by atoms with Gasteiger partial charge in [0.25, 0.3) is 0 Å². The van der Waals surface area contributed by atoms with Crippen LogP contribution < -0.4 is 20.1 Å². The second-order valence-corrected chi connectivity index (χ2v) is 6.87. The molecule has 3 aromatic rings. The molecule has 2 N–H and O–H groups in total. The molecule has 28 heavy (non-hydrogen) atoms. The lowest BCUT2D eigenvalue weighted by Crippen LogP contribution is -2.34. The summed E-state index contributed by atoms with van der Waals surface area (Å²) in [5.74, 6) is 1.29. The van der Waals surface area contributed by atoms with Crippen LogP contribution in [-0.4, -0.2) is 35.5 Å². The molecule has 7 heteroatoms. The third-order valence-corrected chi connectivity index (χ3v) is 4.93. The van der Waals surface area contributed by atoms with Crippen molar-refractivity contribution in [2.75, 3.05) is 25.5 Å². The van der Waals surface area contributed by atoms with Gasteiger partial charge in [0.05, 0.1) is 12.8 Å². The number of piperidine rings is 1. The number of aromatic nitrogens is 2. The Labute approximate surface area is 163 Å². The second kappa shape index (κ2) is 8.31. The van der Waals surface area contributed by atoms with E-state index < -0.39 is 0 Å². The van der Waals surface area contributed by atoms with E-state index in [4.69, 9.17) is 9.47 Å². The van der Waals surface area contributed by atoms with Gasteiger partial charge in [-0.3, -0.25) is 4.79 Å². The highest BCUT2D eigenvalue weighted by molar-refractivity contribution is 5.93. The average Bonchev–Trinajstić information content (AvgIpc) is 3.16. The third-order valence-electron chi connectivity index (χ3n) is 4.93. The molecule has 0 aliphatic carbocycles. The van der Waals surface area contributed by atoms with Crippen LogP contribution in [0, 0.1) is 5.92 Å². The largest absolute Gasteiger partial charge is 0.493 e. The van der Waals surface area contributed by atoms with E-state index in [1.165, 1.54) is 0 Å². The Hall–Kier alpha value is -3.06. The third kappa shape index (κ3) is 4.09. The molecule has 1 fully saturated rings. The van der Waals surface area contributed by atoms with E-state index in [2.05, 4.69) is 15.6 Å². The highest BCUT2D eigenvalue weighted by Gasteiger charge is 2.21. The minimum absolute atomic E-state index is 0.0469. The number of carbonyl (C=O) groups excluding carboxylic acids is 1. The van der Waals surface area contributed by atoms with Gasteiger partial charge in [-0.25, -0.2) is 4.98 Å². The molecule has 0 spiro atoms. The lowest BCUT2D eigenvalue weighted by molar-refractivity contribution is -0.120. The zero-order chi connectivity index (χ0) is 19.3. The number of imidazole rings is 1. The molecule has 146 valence electrons. The van der Waals surface area contributed by atoms with Crippen LogP contribution in [-0.2, 0) is 11.4 Å². The maximum absolute atomic E-state index is 12.5. The fourth-order valence-electron chi connectivity index (χ4n) is 3.40. The summed E-state index contributed by atoms with van der Waals surface area (Å²) >= 11 is 0. The van der Waals surface area contributed by atoms with Crippen molar-refractivity contribution in [2.45, 2.75) is 19.4 Å². The van der Waals surface area contributed by atoms with Crippen molar-refractivity contribution < 1.29 is 14.3 Å². The number of ether oxygens (including phenoxy) is 2. The number of amides is 1. The molecule has 7 nitrogen and oxygen atoms in total. The second-order valence-electron chi connectivity index (χ2n) is 6.87. The van der Waals surface area contributed by atoms with Gasteiger partial charge in [0, 0.05) is 30.1 Å². The van der Waals surface area contributed by atoms with Crippen LogP contribution in [0.5, 0.6) is 11.5 Å². The molecule has 1 aromatic carbocycles. The number of hydrogen-bond donors (Lipinski definition) is 2. The van der Waals surface area contributed by atoms with Gasteiger partial charge in [-0.15, -0.1) is 0 Å². The maximum atomic E-state index is 12.5. The number of nitrogens with one attached hydrogen (secondary N) is 2. The standard InChI is InChI=1S/C21H24N4O3/c1-27-18-6-5-16(24-21(26)15-7-9-22-10-8-15)12-19(18)28-14-17-13-25-11-3-2-4-20(25)23-17/h2-6,11-13,15,22H,7-10,14H2,1H3,(H,24,26). The van der Waals surface area contributed by atoms with Gasteiger partial charge in [-0.1, -0.05) is 6.07 Å². The predicted octanol–water partition coefficient (Wildman–Crippen LogP) is 2.86. The number of rotatable bonds is 6. The maximum Gasteiger partial charge on any atom is 0.227 e. The molecule has 2 aromatic heterocycles. The van der Waals surface area contributed by atoms with Gasteiger partial charge in [0.1, 0.15) is 12.3 Å². The van der Waals surface area contributed by atoms with Gasteiger partial charge >= 0.3 is 0 Å². The van der Waals surface area contributed by atoms with Crippen LogP contribution in [0.25, 0.3) is 5.65 Å². The summed E-state index contributed by atoms with van der Waals surface area (Å²) in [6.07, 6.45) is 5.60. The molecule has 1 aliphatic rings. The Morgan fingerprint density at radius 2 is 2.11 bits per heavy atom. The highest BCUT2D eigenvalue weighted by Crippen LogP contribution is 2.31. The molecule has 3 heterocycles. The van der Waals surface area contributed by atoms with Crippen LogP contribution in [0.3, 0.4) is 0 Å². The Balaban J connectivity index is 1.46. The molecule has 1 amide bonds. The number of carbonyl (C=O) groups is 1. The normalized spacial score (nSPS) is 14.8. The summed E-state index contributed by atoms with van der Waals surface area (Å²) in [6.45, 7) is 2.08. The zero-order valence-electron chi connectivity index (χ0n) is 15.9. The van der Waals surface area contributed by atoms with Crippen molar-refractivity contribution >= 4 is 17.2 Å². The van der Waals surface area contributed by atoms with E-state index in [-0.39, 0.29) is 11.8 Å². The summed E-state index contributed by atoms with van der Waals surface area (Å²) < 4.78 is 13.3. The number of anilines is 1. The Morgan fingerprint density at radius 1 is 1.25 bits per heavy atom. The topological polar surface area (TPSA) is 76.9 Å². The average molecular weight is 380 g/mol. The van der Waals surface area contributed by atoms with Gasteiger partial charge < -0.3 is 24.5 Å². The minimum atomic E-state index is 0.0469. The first-order valence-electron chi connectivity index (χ1n) is 9.48. The number of methoxy groups -OCH3 is 1. The first-order chi connectivity index (χ1) is 13.7. The number of pyridine rings is 1. The van der Waals surface area contributed by atoms with Gasteiger partial charge in [-0.05, 0) is 50.2 Å². The van der Waals surface area contributed by atoms with Crippen molar-refractivity contribution in [2.24, 2.45) is 5.92 Å². The van der Waals surface area contributed by atoms with E-state index >= 15 is 0 Å². The molecule has 0 saturated carbocycles. The Kier molecular flexibility index (Phi) is 5.43. The summed E-state index contributed by atoms with van der Waals surface area (Å²) in [4.78, 5) is 17.0. The number of fused-ring (bicyclic) bond motifs is 1. The Morgan fingerprint density at radius 3 is 2.89 bits per heavy atom. The molecular weight excluding hydrogens is 356 g/mol. The lowest BCUT2D eigenvalue weighted by Gasteiger charge is -2.22. The van der Waals surface area contributed by atoms with Crippen molar-refractivity contribution in [1.29, 1.82) is 0 Å². The summed E-state index contributed by atoms with van der Waals surface area (Å²) in [6, 6.07) is 11.3. The number of nitrogens with zero attached hydrogens (tertiary/aromatic N) is 2. The predicted molar refractivity (Wildman–Crippen MR) is 107 cm³/mol. The molecule has 1 aliphatic heterocycles. The summed E-state index contributed by atoms with van der Waals surface area (Å²) in [5, 5.41) is 6.28. The van der Waals surface area contributed by atoms with E-state index in [0.717, 1.165) is 37.3 Å². The van der Waals surface area contributed by atoms with Gasteiger partial charge in [0.2, 0.25) is 5.91 Å². The zero-order valence-corrected chi connectivity index (χ0v) is 15.9. The van der Waals surface area contributed by atoms with Crippen molar-refractivity contribution in [3.63, 3.8) is 0 Å². The monoisotopic (exact) mass is 380 g/mol. The van der Waals surface area contributed by atoms with E-state index in [1.54, 1.807) is 19.2 Å². The number of hydrogen-bond acceptors (Lipinski definition) is 5. The first kappa shape index (κ1) is 18.3. The fraction of sp³-hybridized carbons (Fsp3) is 0.333. The van der Waals surface area contributed by atoms with Crippen molar-refractivity contribution in [3.05, 3.63) is 54.5 Å². The summed E-state index contributed by atoms with van der Waals surface area (Å²) in [5.41, 5.74) is 2.39. The van der Waals surface area contributed by atoms with E-state index in [0.29, 0.717) is 23.8 Å². The lowest BCUT2D eigenvalue weighted by atomic mass is 9.97. The SMILES string of the molecule is COc1ccc(NC(=O)C2CCNCC2)cc1OCc1cn2ccccc2n1. The van der Waals surface area contributed by atoms with Gasteiger partial charge in [-0.2, -0.15) is 0 Å². The van der Waals surface area contributed by atoms with E-state index in [1.807, 2.05) is 41.1 Å². The smallest absolute Gasteiger partial charge is 0.227 e. The van der Waals surface area contributed by atoms with Crippen molar-refractivity contribution in [3.8, 4) is 11.5 Å². The molecule has 0 unspecified atom stereocenters. The van der Waals surface area contributed by atoms with Crippen LogP contribution in [0.2, 0.25) is 0 Å². The molecule has 0 bridgehead atoms.